The number of anilines is 1. The monoisotopic (exact) mass is 663 g/mol. The average Bonchev–Trinajstić information content (AvgIpc) is 3.04. The third kappa shape index (κ3) is 7.31. The molecule has 4 heterocycles. The molecule has 3 fully saturated rings. The van der Waals surface area contributed by atoms with Crippen LogP contribution in [0.3, 0.4) is 0 Å². The number of carbonyl (C=O) groups excluding carboxylic acids is 3. The van der Waals surface area contributed by atoms with Crippen molar-refractivity contribution in [3.05, 3.63) is 64.1 Å². The fourth-order valence-corrected chi connectivity index (χ4v) is 8.28. The standard InChI is InChI=1S/C35H46BrN5O3/c1-38-15-9-26(10-16-38)27-11-17-40(18-12-27)34(43)29(21-25-5-4-7-30(36)22-25)23-33(42)39-19-13-31(14-20-39)41-24-28-6-2-3-8-32(28)37-35(41)44/h2-8,22,26-27,29,31H,9-21,23-24H2,1H3,(H,37,44). The van der Waals surface area contributed by atoms with E-state index in [0.29, 0.717) is 32.0 Å². The van der Waals surface area contributed by atoms with Gasteiger partial charge in [-0.05, 0) is 106 Å². The highest BCUT2D eigenvalue weighted by molar-refractivity contribution is 9.10. The SMILES string of the molecule is CN1CCC(C2CCN(C(=O)C(CC(=O)N3CCC(N4Cc5ccccc5NC4=O)CC3)Cc3cccc(Br)c3)CC2)CC1. The number of benzene rings is 2. The van der Waals surface area contributed by atoms with E-state index in [1.807, 2.05) is 45.0 Å². The molecule has 0 radical (unpaired) electrons. The maximum absolute atomic E-state index is 14.0. The van der Waals surface area contributed by atoms with Gasteiger partial charge in [0.15, 0.2) is 0 Å². The Bertz CT molecular complexity index is 1330. The van der Waals surface area contributed by atoms with E-state index in [1.165, 1.54) is 25.9 Å². The lowest BCUT2D eigenvalue weighted by molar-refractivity contribution is -0.143. The van der Waals surface area contributed by atoms with Crippen LogP contribution in [0.2, 0.25) is 0 Å². The summed E-state index contributed by atoms with van der Waals surface area (Å²) in [6.07, 6.45) is 6.94. The van der Waals surface area contributed by atoms with Crippen molar-refractivity contribution in [2.24, 2.45) is 17.8 Å². The number of amides is 4. The molecule has 3 saturated heterocycles. The Labute approximate surface area is 270 Å². The van der Waals surface area contributed by atoms with Gasteiger partial charge in [-0.25, -0.2) is 4.79 Å². The van der Waals surface area contributed by atoms with Crippen LogP contribution in [0.1, 0.15) is 56.1 Å². The van der Waals surface area contributed by atoms with Crippen molar-refractivity contribution in [3.8, 4) is 0 Å². The van der Waals surface area contributed by atoms with Crippen molar-refractivity contribution in [1.82, 2.24) is 19.6 Å². The van der Waals surface area contributed by atoms with Crippen LogP contribution in [-0.4, -0.2) is 89.8 Å². The minimum atomic E-state index is -0.376. The molecule has 236 valence electrons. The molecule has 4 amide bonds. The Balaban J connectivity index is 1.06. The predicted octanol–water partition coefficient (Wildman–Crippen LogP) is 5.62. The van der Waals surface area contributed by atoms with E-state index in [4.69, 9.17) is 0 Å². The normalized spacial score (nSPS) is 21.6. The van der Waals surface area contributed by atoms with Crippen molar-refractivity contribution in [2.75, 3.05) is 51.6 Å². The summed E-state index contributed by atoms with van der Waals surface area (Å²) in [6, 6.07) is 16.1. The molecule has 0 bridgehead atoms. The quantitative estimate of drug-likeness (QED) is 0.418. The highest BCUT2D eigenvalue weighted by Gasteiger charge is 2.36. The first-order chi connectivity index (χ1) is 21.3. The van der Waals surface area contributed by atoms with Gasteiger partial charge >= 0.3 is 6.03 Å². The number of carbonyl (C=O) groups is 3. The van der Waals surface area contributed by atoms with Crippen LogP contribution in [0.4, 0.5) is 10.5 Å². The fourth-order valence-electron chi connectivity index (χ4n) is 7.83. The Morgan fingerprint density at radius 1 is 0.864 bits per heavy atom. The van der Waals surface area contributed by atoms with Crippen LogP contribution in [0.25, 0.3) is 0 Å². The molecule has 0 spiro atoms. The number of rotatable bonds is 7. The van der Waals surface area contributed by atoms with Crippen molar-refractivity contribution in [3.63, 3.8) is 0 Å². The second-order valence-electron chi connectivity index (χ2n) is 13.4. The van der Waals surface area contributed by atoms with Gasteiger partial charge in [-0.15, -0.1) is 0 Å². The fraction of sp³-hybridized carbons (Fsp3) is 0.571. The Kier molecular flexibility index (Phi) is 9.91. The Morgan fingerprint density at radius 2 is 1.52 bits per heavy atom. The van der Waals surface area contributed by atoms with Crippen LogP contribution < -0.4 is 5.32 Å². The van der Waals surface area contributed by atoms with Gasteiger partial charge in [-0.3, -0.25) is 9.59 Å². The second-order valence-corrected chi connectivity index (χ2v) is 14.3. The van der Waals surface area contributed by atoms with E-state index in [1.54, 1.807) is 0 Å². The molecular weight excluding hydrogens is 618 g/mol. The molecule has 4 aliphatic heterocycles. The molecule has 0 saturated carbocycles. The summed E-state index contributed by atoms with van der Waals surface area (Å²) in [5.41, 5.74) is 3.07. The van der Waals surface area contributed by atoms with Gasteiger partial charge in [0.05, 0.1) is 5.92 Å². The lowest BCUT2D eigenvalue weighted by Crippen LogP contribution is -2.51. The average molecular weight is 665 g/mol. The molecule has 0 aliphatic carbocycles. The lowest BCUT2D eigenvalue weighted by Gasteiger charge is -2.41. The van der Waals surface area contributed by atoms with E-state index in [-0.39, 0.29) is 36.2 Å². The molecule has 9 heteroatoms. The summed E-state index contributed by atoms with van der Waals surface area (Å²) in [6.45, 7) is 5.76. The largest absolute Gasteiger partial charge is 0.343 e. The molecule has 44 heavy (non-hydrogen) atoms. The predicted molar refractivity (Wildman–Crippen MR) is 176 cm³/mol. The second kappa shape index (κ2) is 14.0. The van der Waals surface area contributed by atoms with Gasteiger partial charge in [0, 0.05) is 55.3 Å². The summed E-state index contributed by atoms with van der Waals surface area (Å²) in [5, 5.41) is 3.02. The smallest absolute Gasteiger partial charge is 0.322 e. The minimum Gasteiger partial charge on any atom is -0.343 e. The van der Waals surface area contributed by atoms with Crippen LogP contribution in [0.5, 0.6) is 0 Å². The zero-order chi connectivity index (χ0) is 30.6. The van der Waals surface area contributed by atoms with Gasteiger partial charge < -0.3 is 24.9 Å². The van der Waals surface area contributed by atoms with Gasteiger partial charge in [-0.1, -0.05) is 46.3 Å². The van der Waals surface area contributed by atoms with Crippen LogP contribution in [0, 0.1) is 17.8 Å². The van der Waals surface area contributed by atoms with E-state index in [2.05, 4.69) is 51.4 Å². The van der Waals surface area contributed by atoms with Crippen molar-refractivity contribution >= 4 is 39.5 Å². The number of halogens is 1. The summed E-state index contributed by atoms with van der Waals surface area (Å²) < 4.78 is 0.984. The molecule has 2 aromatic carbocycles. The van der Waals surface area contributed by atoms with E-state index in [0.717, 1.165) is 66.0 Å². The third-order valence-electron chi connectivity index (χ3n) is 10.5. The van der Waals surface area contributed by atoms with Crippen LogP contribution in [0.15, 0.2) is 53.0 Å². The Hall–Kier alpha value is -2.91. The maximum atomic E-state index is 14.0. The summed E-state index contributed by atoms with van der Waals surface area (Å²) in [4.78, 5) is 48.9. The van der Waals surface area contributed by atoms with E-state index in [9.17, 15) is 14.4 Å². The van der Waals surface area contributed by atoms with E-state index < -0.39 is 0 Å². The topological polar surface area (TPSA) is 76.2 Å². The van der Waals surface area contributed by atoms with Gasteiger partial charge in [-0.2, -0.15) is 0 Å². The molecule has 6 rings (SSSR count). The maximum Gasteiger partial charge on any atom is 0.322 e. The number of nitrogens with one attached hydrogen (secondary N) is 1. The number of hydrogen-bond donors (Lipinski definition) is 1. The first-order valence-corrected chi connectivity index (χ1v) is 17.3. The van der Waals surface area contributed by atoms with Crippen LogP contribution >= 0.6 is 15.9 Å². The van der Waals surface area contributed by atoms with Crippen molar-refractivity contribution in [1.29, 1.82) is 0 Å². The zero-order valence-electron chi connectivity index (χ0n) is 25.9. The minimum absolute atomic E-state index is 0.0476. The molecule has 4 aliphatic rings. The lowest BCUT2D eigenvalue weighted by atomic mass is 9.78. The molecular formula is C35H46BrN5O3. The van der Waals surface area contributed by atoms with Crippen LogP contribution in [-0.2, 0) is 22.6 Å². The molecule has 2 aromatic rings. The molecule has 1 unspecified atom stereocenters. The number of likely N-dealkylation sites (tertiary alicyclic amines) is 3. The number of fused-ring (bicyclic) bond motifs is 1. The first-order valence-electron chi connectivity index (χ1n) is 16.5. The molecule has 0 aromatic heterocycles. The zero-order valence-corrected chi connectivity index (χ0v) is 27.5. The third-order valence-corrected chi connectivity index (χ3v) is 11.0. The summed E-state index contributed by atoms with van der Waals surface area (Å²) >= 11 is 3.57. The first kappa shape index (κ1) is 31.1. The number of urea groups is 1. The van der Waals surface area contributed by atoms with Gasteiger partial charge in [0.2, 0.25) is 11.8 Å². The Morgan fingerprint density at radius 3 is 2.23 bits per heavy atom. The molecule has 1 atom stereocenters. The van der Waals surface area contributed by atoms with Gasteiger partial charge in [0.1, 0.15) is 0 Å². The summed E-state index contributed by atoms with van der Waals surface area (Å²) in [7, 11) is 2.21. The van der Waals surface area contributed by atoms with Gasteiger partial charge in [0.25, 0.3) is 0 Å². The number of nitrogens with zero attached hydrogens (tertiary/aromatic N) is 4. The van der Waals surface area contributed by atoms with E-state index >= 15 is 0 Å². The molecule has 1 N–H and O–H groups in total. The molecule has 8 nitrogen and oxygen atoms in total. The number of para-hydroxylation sites is 1. The van der Waals surface area contributed by atoms with Crippen molar-refractivity contribution in [2.45, 2.75) is 64.0 Å². The highest BCUT2D eigenvalue weighted by Crippen LogP contribution is 2.33. The number of hydrogen-bond acceptors (Lipinski definition) is 4. The number of piperidine rings is 3. The summed E-state index contributed by atoms with van der Waals surface area (Å²) in [5.74, 6) is 1.27. The highest BCUT2D eigenvalue weighted by atomic mass is 79.9. The van der Waals surface area contributed by atoms with Crippen molar-refractivity contribution < 1.29 is 14.4 Å².